The van der Waals surface area contributed by atoms with Gasteiger partial charge >= 0.3 is 0 Å². The normalized spacial score (nSPS) is 11.7. The topological polar surface area (TPSA) is 68.4 Å². The molecule has 0 amide bonds. The van der Waals surface area contributed by atoms with Crippen molar-refractivity contribution in [3.63, 3.8) is 0 Å². The maximum atomic E-state index is 6.48. The van der Waals surface area contributed by atoms with E-state index >= 15 is 0 Å². The lowest BCUT2D eigenvalue weighted by Gasteiger charge is -2.26. The third kappa shape index (κ3) is 5.61. The van der Waals surface area contributed by atoms with Crippen molar-refractivity contribution in [1.82, 2.24) is 4.98 Å². The highest BCUT2D eigenvalue weighted by Crippen LogP contribution is 2.42. The molecule has 2 N–H and O–H groups in total. The summed E-state index contributed by atoms with van der Waals surface area (Å²) in [6.45, 7) is 1.96. The molecule has 0 aliphatic heterocycles. The average Bonchev–Trinajstić information content (AvgIpc) is 3.78. The number of fused-ring (bicyclic) bond motifs is 5. The Labute approximate surface area is 318 Å². The zero-order valence-corrected chi connectivity index (χ0v) is 30.1. The molecular formula is C50H35N3O2. The monoisotopic (exact) mass is 709 g/mol. The Hall–Kier alpha value is -7.37. The van der Waals surface area contributed by atoms with Gasteiger partial charge in [0.2, 0.25) is 0 Å². The van der Waals surface area contributed by atoms with Gasteiger partial charge in [-0.3, -0.25) is 4.98 Å². The van der Waals surface area contributed by atoms with Crippen LogP contribution in [0.5, 0.6) is 0 Å². The summed E-state index contributed by atoms with van der Waals surface area (Å²) in [6, 6.07) is 55.4. The zero-order valence-electron chi connectivity index (χ0n) is 30.1. The number of furan rings is 2. The molecule has 0 saturated carbocycles. The van der Waals surface area contributed by atoms with Gasteiger partial charge in [-0.05, 0) is 101 Å². The van der Waals surface area contributed by atoms with E-state index in [9.17, 15) is 0 Å². The minimum atomic E-state index is 0.653. The molecule has 0 fully saturated rings. The third-order valence-corrected chi connectivity index (χ3v) is 10.4. The average molecular weight is 710 g/mol. The van der Waals surface area contributed by atoms with E-state index in [-0.39, 0.29) is 0 Å². The smallest absolute Gasteiger partial charge is 0.150 e. The van der Waals surface area contributed by atoms with Crippen molar-refractivity contribution in [2.75, 3.05) is 10.6 Å². The van der Waals surface area contributed by atoms with Crippen molar-refractivity contribution in [2.45, 2.75) is 6.92 Å². The van der Waals surface area contributed by atoms with Gasteiger partial charge in [0, 0.05) is 56.7 Å². The fraction of sp³-hybridized carbons (Fsp3) is 0.0200. The summed E-state index contributed by atoms with van der Waals surface area (Å²) < 4.78 is 12.6. The number of nitrogens with zero attached hydrogens (tertiary/aromatic N) is 2. The molecule has 55 heavy (non-hydrogen) atoms. The van der Waals surface area contributed by atoms with E-state index in [2.05, 4.69) is 137 Å². The minimum Gasteiger partial charge on any atom is -0.455 e. The quantitative estimate of drug-likeness (QED) is 0.178. The first kappa shape index (κ1) is 32.3. The molecular weight excluding hydrogens is 675 g/mol. The molecule has 5 nitrogen and oxygen atoms in total. The Kier molecular flexibility index (Phi) is 7.77. The van der Waals surface area contributed by atoms with Crippen molar-refractivity contribution in [2.24, 2.45) is 0 Å². The van der Waals surface area contributed by atoms with E-state index in [0.717, 1.165) is 77.8 Å². The summed E-state index contributed by atoms with van der Waals surface area (Å²) in [5.74, 6) is 0.676. The van der Waals surface area contributed by atoms with Crippen LogP contribution in [0.25, 0.3) is 83.1 Å². The van der Waals surface area contributed by atoms with Crippen LogP contribution < -0.4 is 10.6 Å². The van der Waals surface area contributed by atoms with Crippen LogP contribution in [0.15, 0.2) is 185 Å². The molecule has 7 aromatic carbocycles. The highest BCUT2D eigenvalue weighted by Gasteiger charge is 2.18. The molecule has 0 radical (unpaired) electrons. The molecule has 10 rings (SSSR count). The highest BCUT2D eigenvalue weighted by atomic mass is 16.3. The number of pyridine rings is 1. The Balaban J connectivity index is 1.08. The lowest BCUT2D eigenvalue weighted by atomic mass is 10.00. The predicted molar refractivity (Wildman–Crippen MR) is 229 cm³/mol. The number of nitrogen functional groups attached to an aromatic ring is 1. The number of hydrogen-bond donors (Lipinski definition) is 1. The van der Waals surface area contributed by atoms with Crippen LogP contribution in [0.2, 0.25) is 0 Å². The molecule has 10 aromatic rings. The molecule has 3 aromatic heterocycles. The van der Waals surface area contributed by atoms with Crippen LogP contribution in [0.3, 0.4) is 0 Å². The molecule has 0 spiro atoms. The van der Waals surface area contributed by atoms with E-state index in [1.807, 2.05) is 61.8 Å². The molecule has 0 saturated heterocycles. The number of aromatic nitrogens is 1. The Morgan fingerprint density at radius 2 is 1.16 bits per heavy atom. The molecule has 3 heterocycles. The van der Waals surface area contributed by atoms with Gasteiger partial charge in [-0.1, -0.05) is 109 Å². The first-order valence-corrected chi connectivity index (χ1v) is 18.4. The SMILES string of the molecule is C/C=C\c1oc2c(-c3ccc(N(c4ccc(-c5cncc6c5oc5ccccc56)cc4)c4cccc(-c5ccc6ccccc6c5)c4)cc3)cccc2c1N. The standard InChI is InChI=1S/C50H35N3O2/c1-2-9-47-48(51)43-16-8-15-41(49(43)55-47)33-20-24-38(25-21-33)53(40-13-7-12-36(29-40)37-19-18-32-10-3-4-11-35(32)28-37)39-26-22-34(23-27-39)44-30-52-31-45-42-14-5-6-17-46(42)54-50(44)45/h2-31H,51H2,1H3/b9-2-. The van der Waals surface area contributed by atoms with E-state index in [4.69, 9.17) is 14.6 Å². The Bertz CT molecular complexity index is 3060. The van der Waals surface area contributed by atoms with Crippen LogP contribution in [0.1, 0.15) is 12.7 Å². The van der Waals surface area contributed by atoms with Crippen LogP contribution >= 0.6 is 0 Å². The second-order valence-electron chi connectivity index (χ2n) is 13.8. The molecule has 0 aliphatic rings. The number of hydrogen-bond acceptors (Lipinski definition) is 5. The van der Waals surface area contributed by atoms with Crippen LogP contribution in [0.4, 0.5) is 22.7 Å². The van der Waals surface area contributed by atoms with E-state index in [1.54, 1.807) is 0 Å². The van der Waals surface area contributed by atoms with Gasteiger partial charge in [0.25, 0.3) is 0 Å². The van der Waals surface area contributed by atoms with Crippen molar-refractivity contribution in [3.8, 4) is 33.4 Å². The second-order valence-corrected chi connectivity index (χ2v) is 13.8. The van der Waals surface area contributed by atoms with Gasteiger partial charge in [0.15, 0.2) is 5.76 Å². The lowest BCUT2D eigenvalue weighted by Crippen LogP contribution is -2.10. The molecule has 5 heteroatoms. The fourth-order valence-electron chi connectivity index (χ4n) is 7.72. The molecule has 262 valence electrons. The first-order valence-electron chi connectivity index (χ1n) is 18.4. The van der Waals surface area contributed by atoms with Gasteiger partial charge in [0.05, 0.1) is 5.69 Å². The Morgan fingerprint density at radius 1 is 0.509 bits per heavy atom. The van der Waals surface area contributed by atoms with E-state index < -0.39 is 0 Å². The van der Waals surface area contributed by atoms with Gasteiger partial charge in [-0.15, -0.1) is 0 Å². The fourth-order valence-corrected chi connectivity index (χ4v) is 7.72. The summed E-state index contributed by atoms with van der Waals surface area (Å²) in [5, 5.41) is 5.43. The maximum absolute atomic E-state index is 6.48. The summed E-state index contributed by atoms with van der Waals surface area (Å²) in [5.41, 5.74) is 19.0. The number of benzene rings is 7. The van der Waals surface area contributed by atoms with Crippen molar-refractivity contribution in [3.05, 3.63) is 182 Å². The molecule has 0 aliphatic carbocycles. The Morgan fingerprint density at radius 3 is 1.96 bits per heavy atom. The summed E-state index contributed by atoms with van der Waals surface area (Å²) >= 11 is 0. The maximum Gasteiger partial charge on any atom is 0.150 e. The molecule has 0 bridgehead atoms. The van der Waals surface area contributed by atoms with Gasteiger partial charge < -0.3 is 19.5 Å². The molecule has 0 atom stereocenters. The van der Waals surface area contributed by atoms with Crippen LogP contribution in [-0.4, -0.2) is 4.98 Å². The predicted octanol–water partition coefficient (Wildman–Crippen LogP) is 14.0. The van der Waals surface area contributed by atoms with E-state index in [0.29, 0.717) is 11.4 Å². The van der Waals surface area contributed by atoms with Gasteiger partial charge in [-0.25, -0.2) is 0 Å². The third-order valence-electron chi connectivity index (χ3n) is 10.4. The van der Waals surface area contributed by atoms with Gasteiger partial charge in [-0.2, -0.15) is 0 Å². The van der Waals surface area contributed by atoms with Crippen molar-refractivity contribution < 1.29 is 8.83 Å². The summed E-state index contributed by atoms with van der Waals surface area (Å²) in [6.07, 6.45) is 7.62. The highest BCUT2D eigenvalue weighted by molar-refractivity contribution is 6.09. The number of nitrogens with two attached hydrogens (primary N) is 1. The first-order chi connectivity index (χ1) is 27.1. The number of para-hydroxylation sites is 2. The summed E-state index contributed by atoms with van der Waals surface area (Å²) in [4.78, 5) is 6.90. The van der Waals surface area contributed by atoms with Gasteiger partial charge in [0.1, 0.15) is 16.7 Å². The lowest BCUT2D eigenvalue weighted by molar-refractivity contribution is 0.606. The van der Waals surface area contributed by atoms with Crippen molar-refractivity contribution in [1.29, 1.82) is 0 Å². The number of rotatable bonds is 7. The summed E-state index contributed by atoms with van der Waals surface area (Å²) in [7, 11) is 0. The second kappa shape index (κ2) is 13.2. The van der Waals surface area contributed by atoms with Crippen molar-refractivity contribution >= 4 is 72.5 Å². The minimum absolute atomic E-state index is 0.653. The van der Waals surface area contributed by atoms with Crippen LogP contribution in [-0.2, 0) is 0 Å². The van der Waals surface area contributed by atoms with E-state index in [1.165, 1.54) is 16.3 Å². The van der Waals surface area contributed by atoms with Crippen LogP contribution in [0, 0.1) is 0 Å². The zero-order chi connectivity index (χ0) is 36.9. The molecule has 0 unspecified atom stereocenters. The number of anilines is 4. The number of allylic oxidation sites excluding steroid dienone is 1. The largest absolute Gasteiger partial charge is 0.455 e.